The van der Waals surface area contributed by atoms with Crippen molar-refractivity contribution in [1.29, 1.82) is 0 Å². The Kier molecular flexibility index (Phi) is 5.23. The third kappa shape index (κ3) is 3.99. The van der Waals surface area contributed by atoms with Crippen molar-refractivity contribution in [1.82, 2.24) is 0 Å². The molecule has 1 saturated heterocycles. The van der Waals surface area contributed by atoms with E-state index in [1.165, 1.54) is 0 Å². The van der Waals surface area contributed by atoms with Gasteiger partial charge in [0.15, 0.2) is 5.75 Å². The van der Waals surface area contributed by atoms with Gasteiger partial charge in [-0.1, -0.05) is 29.8 Å². The largest absolute Gasteiger partial charge is 0.417 e. The Morgan fingerprint density at radius 2 is 1.96 bits per heavy atom. The second-order valence-corrected chi connectivity index (χ2v) is 5.95. The summed E-state index contributed by atoms with van der Waals surface area (Å²) in [7, 11) is 0. The molecule has 2 aromatic carbocycles. The summed E-state index contributed by atoms with van der Waals surface area (Å²) in [6.45, 7) is 4.79. The summed E-state index contributed by atoms with van der Waals surface area (Å²) in [5.41, 5.74) is 2.44. The van der Waals surface area contributed by atoms with E-state index in [-0.39, 0.29) is 0 Å². The number of nitrogens with zero attached hydrogens (tertiary/aromatic N) is 1. The van der Waals surface area contributed by atoms with Crippen molar-refractivity contribution in [2.75, 3.05) is 36.5 Å². The molecule has 1 aliphatic rings. The Bertz CT molecular complexity index is 730. The molecule has 24 heavy (non-hydrogen) atoms. The fraction of sp³-hybridized carbons (Fsp3) is 0.278. The molecule has 1 N–H and O–H groups in total. The molecule has 2 aromatic rings. The van der Waals surface area contributed by atoms with Crippen LogP contribution in [0, 0.1) is 6.92 Å². The van der Waals surface area contributed by atoms with E-state index in [0.717, 1.165) is 24.3 Å². The first-order chi connectivity index (χ1) is 11.6. The molecule has 1 amide bonds. The first-order valence-corrected chi connectivity index (χ1v) is 8.18. The molecule has 0 unspecified atom stereocenters. The topological polar surface area (TPSA) is 50.8 Å². The fourth-order valence-corrected chi connectivity index (χ4v) is 2.70. The van der Waals surface area contributed by atoms with Crippen LogP contribution in [0.4, 0.5) is 16.2 Å². The molecule has 0 radical (unpaired) electrons. The molecule has 3 rings (SSSR count). The molecular formula is C18H19ClN2O3. The van der Waals surface area contributed by atoms with Crippen molar-refractivity contribution in [3.05, 3.63) is 53.1 Å². The van der Waals surface area contributed by atoms with Crippen LogP contribution in [0.15, 0.2) is 42.5 Å². The Morgan fingerprint density at radius 3 is 2.71 bits per heavy atom. The first-order valence-electron chi connectivity index (χ1n) is 7.80. The van der Waals surface area contributed by atoms with E-state index in [1.807, 2.05) is 31.2 Å². The molecule has 1 fully saturated rings. The summed E-state index contributed by atoms with van der Waals surface area (Å²) in [5.74, 6) is 0.523. The van der Waals surface area contributed by atoms with Crippen LogP contribution in [0.3, 0.4) is 0 Å². The van der Waals surface area contributed by atoms with E-state index in [9.17, 15) is 4.79 Å². The number of ether oxygens (including phenoxy) is 2. The van der Waals surface area contributed by atoms with Crippen molar-refractivity contribution >= 4 is 29.1 Å². The number of nitrogens with one attached hydrogen (secondary N) is 1. The molecule has 5 nitrogen and oxygen atoms in total. The minimum Gasteiger partial charge on any atom is -0.408 e. The summed E-state index contributed by atoms with van der Waals surface area (Å²) in [6.07, 6.45) is -0.546. The van der Waals surface area contributed by atoms with Crippen LogP contribution < -0.4 is 15.0 Å². The highest BCUT2D eigenvalue weighted by atomic mass is 35.5. The number of carbonyl (C=O) groups excluding carboxylic acids is 1. The minimum atomic E-state index is -0.546. The number of anilines is 2. The van der Waals surface area contributed by atoms with Crippen LogP contribution >= 0.6 is 11.6 Å². The number of halogens is 1. The maximum absolute atomic E-state index is 12.2. The van der Waals surface area contributed by atoms with Gasteiger partial charge in [-0.05, 0) is 36.8 Å². The van der Waals surface area contributed by atoms with Crippen LogP contribution in [-0.4, -0.2) is 32.4 Å². The third-order valence-corrected chi connectivity index (χ3v) is 4.25. The van der Waals surface area contributed by atoms with Gasteiger partial charge in [-0.3, -0.25) is 5.32 Å². The van der Waals surface area contributed by atoms with Gasteiger partial charge >= 0.3 is 6.09 Å². The SMILES string of the molecule is Cc1ccc(NC(=O)Oc2ccccc2N2CCOCC2)cc1Cl. The van der Waals surface area contributed by atoms with E-state index in [2.05, 4.69) is 10.2 Å². The van der Waals surface area contributed by atoms with Crippen LogP contribution in [0.5, 0.6) is 5.75 Å². The third-order valence-electron chi connectivity index (χ3n) is 3.84. The van der Waals surface area contributed by atoms with Gasteiger partial charge in [0.1, 0.15) is 0 Å². The maximum atomic E-state index is 12.2. The highest BCUT2D eigenvalue weighted by Crippen LogP contribution is 2.29. The van der Waals surface area contributed by atoms with E-state index in [1.54, 1.807) is 18.2 Å². The molecular weight excluding hydrogens is 328 g/mol. The van der Waals surface area contributed by atoms with Gasteiger partial charge in [0, 0.05) is 23.8 Å². The molecule has 0 spiro atoms. The standard InChI is InChI=1S/C18H19ClN2O3/c1-13-6-7-14(12-15(13)19)20-18(22)24-17-5-3-2-4-16(17)21-8-10-23-11-9-21/h2-7,12H,8-11H2,1H3,(H,20,22). The number of carbonyl (C=O) groups is 1. The second-order valence-electron chi connectivity index (χ2n) is 5.55. The van der Waals surface area contributed by atoms with Crippen LogP contribution in [0.1, 0.15) is 5.56 Å². The normalized spacial score (nSPS) is 14.3. The van der Waals surface area contributed by atoms with Gasteiger partial charge in [0.05, 0.1) is 18.9 Å². The summed E-state index contributed by atoms with van der Waals surface area (Å²) in [6, 6.07) is 12.8. The average molecular weight is 347 g/mol. The zero-order valence-corrected chi connectivity index (χ0v) is 14.2. The fourth-order valence-electron chi connectivity index (χ4n) is 2.52. The molecule has 1 heterocycles. The van der Waals surface area contributed by atoms with Gasteiger partial charge in [0.2, 0.25) is 0 Å². The monoisotopic (exact) mass is 346 g/mol. The molecule has 0 saturated carbocycles. The van der Waals surface area contributed by atoms with Gasteiger partial charge in [-0.25, -0.2) is 4.79 Å². The van der Waals surface area contributed by atoms with Crippen molar-refractivity contribution in [2.45, 2.75) is 6.92 Å². The molecule has 0 aromatic heterocycles. The summed E-state index contributed by atoms with van der Waals surface area (Å²) < 4.78 is 10.9. The Balaban J connectivity index is 1.71. The molecule has 1 aliphatic heterocycles. The number of aryl methyl sites for hydroxylation is 1. The van der Waals surface area contributed by atoms with Crippen molar-refractivity contribution < 1.29 is 14.3 Å². The minimum absolute atomic E-state index is 0.523. The van der Waals surface area contributed by atoms with Crippen molar-refractivity contribution in [3.63, 3.8) is 0 Å². The van der Waals surface area contributed by atoms with Gasteiger partial charge in [0.25, 0.3) is 0 Å². The average Bonchev–Trinajstić information content (AvgIpc) is 2.59. The highest BCUT2D eigenvalue weighted by Gasteiger charge is 2.17. The quantitative estimate of drug-likeness (QED) is 0.909. The smallest absolute Gasteiger partial charge is 0.408 e. The van der Waals surface area contributed by atoms with Crippen molar-refractivity contribution in [3.8, 4) is 5.75 Å². The molecule has 0 bridgehead atoms. The second kappa shape index (κ2) is 7.55. The maximum Gasteiger partial charge on any atom is 0.417 e. The lowest BCUT2D eigenvalue weighted by Gasteiger charge is -2.29. The lowest BCUT2D eigenvalue weighted by atomic mass is 10.2. The zero-order valence-electron chi connectivity index (χ0n) is 13.4. The van der Waals surface area contributed by atoms with E-state index in [0.29, 0.717) is 29.7 Å². The number of amides is 1. The lowest BCUT2D eigenvalue weighted by molar-refractivity contribution is 0.122. The summed E-state index contributed by atoms with van der Waals surface area (Å²) in [5, 5.41) is 3.30. The van der Waals surface area contributed by atoms with Crippen LogP contribution in [0.25, 0.3) is 0 Å². The predicted molar refractivity (Wildman–Crippen MR) is 95.3 cm³/mol. The van der Waals surface area contributed by atoms with Crippen LogP contribution in [-0.2, 0) is 4.74 Å². The van der Waals surface area contributed by atoms with Gasteiger partial charge < -0.3 is 14.4 Å². The van der Waals surface area contributed by atoms with E-state index >= 15 is 0 Å². The number of benzene rings is 2. The molecule has 126 valence electrons. The Labute approximate surface area is 146 Å². The van der Waals surface area contributed by atoms with Crippen molar-refractivity contribution in [2.24, 2.45) is 0 Å². The first kappa shape index (κ1) is 16.6. The van der Waals surface area contributed by atoms with E-state index < -0.39 is 6.09 Å². The lowest BCUT2D eigenvalue weighted by Crippen LogP contribution is -2.36. The number of rotatable bonds is 3. The number of morpholine rings is 1. The van der Waals surface area contributed by atoms with E-state index in [4.69, 9.17) is 21.1 Å². The number of hydrogen-bond acceptors (Lipinski definition) is 4. The molecule has 0 atom stereocenters. The summed E-state index contributed by atoms with van der Waals surface area (Å²) in [4.78, 5) is 14.3. The Hall–Kier alpha value is -2.24. The highest BCUT2D eigenvalue weighted by molar-refractivity contribution is 6.31. The van der Waals surface area contributed by atoms with Crippen LogP contribution in [0.2, 0.25) is 5.02 Å². The zero-order chi connectivity index (χ0) is 16.9. The molecule has 0 aliphatic carbocycles. The number of para-hydroxylation sites is 2. The Morgan fingerprint density at radius 1 is 1.21 bits per heavy atom. The number of hydrogen-bond donors (Lipinski definition) is 1. The molecule has 6 heteroatoms. The summed E-state index contributed by atoms with van der Waals surface area (Å²) >= 11 is 6.07. The predicted octanol–water partition coefficient (Wildman–Crippen LogP) is 4.10. The van der Waals surface area contributed by atoms with Gasteiger partial charge in [-0.15, -0.1) is 0 Å². The van der Waals surface area contributed by atoms with Gasteiger partial charge in [-0.2, -0.15) is 0 Å².